The summed E-state index contributed by atoms with van der Waals surface area (Å²) in [7, 11) is 0. The van der Waals surface area contributed by atoms with Gasteiger partial charge in [0, 0.05) is 16.3 Å². The summed E-state index contributed by atoms with van der Waals surface area (Å²) in [6.45, 7) is 3.93. The molecule has 0 aliphatic carbocycles. The zero-order valence-corrected chi connectivity index (χ0v) is 14.1. The maximum atomic E-state index is 15.3. The summed E-state index contributed by atoms with van der Waals surface area (Å²) in [5.41, 5.74) is 2.41. The predicted molar refractivity (Wildman–Crippen MR) is 98.2 cm³/mol. The fraction of sp³-hybridized carbons (Fsp3) is 0.136. The van der Waals surface area contributed by atoms with E-state index in [1.54, 1.807) is 30.3 Å². The lowest BCUT2D eigenvalue weighted by Gasteiger charge is -2.20. The lowest BCUT2D eigenvalue weighted by atomic mass is 9.95. The van der Waals surface area contributed by atoms with E-state index >= 15 is 8.78 Å². The Morgan fingerprint density at radius 2 is 1.40 bits per heavy atom. The van der Waals surface area contributed by atoms with E-state index in [2.05, 4.69) is 4.98 Å². The summed E-state index contributed by atoms with van der Waals surface area (Å²) in [5.74, 6) is -3.16. The summed E-state index contributed by atoms with van der Waals surface area (Å²) >= 11 is 0. The largest absolute Gasteiger partial charge is 0.315 e. The van der Waals surface area contributed by atoms with Crippen molar-refractivity contribution in [3.05, 3.63) is 89.1 Å². The van der Waals surface area contributed by atoms with Crippen LogP contribution in [-0.2, 0) is 5.92 Å². The molecule has 0 aliphatic heterocycles. The van der Waals surface area contributed by atoms with Crippen molar-refractivity contribution in [2.75, 3.05) is 0 Å². The van der Waals surface area contributed by atoms with E-state index in [0.29, 0.717) is 10.9 Å². The number of aromatic nitrogens is 1. The minimum absolute atomic E-state index is 0.0447. The molecule has 1 aromatic heterocycles. The third kappa shape index (κ3) is 2.47. The Morgan fingerprint density at radius 1 is 0.760 bits per heavy atom. The molecule has 0 aliphatic rings. The number of hydrogen-bond donors (Lipinski definition) is 0. The van der Waals surface area contributed by atoms with Gasteiger partial charge in [-0.05, 0) is 30.9 Å². The number of rotatable bonds is 2. The monoisotopic (exact) mass is 333 g/mol. The molecule has 0 fully saturated rings. The second kappa shape index (κ2) is 5.62. The van der Waals surface area contributed by atoms with Gasteiger partial charge in [-0.2, -0.15) is 8.78 Å². The third-order valence-electron chi connectivity index (χ3n) is 4.57. The van der Waals surface area contributed by atoms with E-state index in [1.807, 2.05) is 38.1 Å². The molecule has 1 nitrogen and oxygen atoms in total. The maximum Gasteiger partial charge on any atom is 0.315 e. The van der Waals surface area contributed by atoms with Crippen molar-refractivity contribution in [1.82, 2.24) is 4.98 Å². The topological polar surface area (TPSA) is 12.9 Å². The summed E-state index contributed by atoms with van der Waals surface area (Å²) < 4.78 is 30.6. The summed E-state index contributed by atoms with van der Waals surface area (Å²) in [5, 5.41) is 2.22. The lowest BCUT2D eigenvalue weighted by Crippen LogP contribution is -2.18. The second-order valence-corrected chi connectivity index (χ2v) is 6.42. The van der Waals surface area contributed by atoms with Gasteiger partial charge in [0.05, 0.1) is 5.52 Å². The Kier molecular flexibility index (Phi) is 3.53. The fourth-order valence-electron chi connectivity index (χ4n) is 3.43. The number of pyridine rings is 1. The number of nitrogens with zero attached hydrogens (tertiary/aromatic N) is 1. The van der Waals surface area contributed by atoms with E-state index in [1.165, 1.54) is 12.1 Å². The second-order valence-electron chi connectivity index (χ2n) is 6.42. The number of alkyl halides is 2. The first-order valence-corrected chi connectivity index (χ1v) is 8.22. The number of halogens is 2. The smallest absolute Gasteiger partial charge is 0.245 e. The molecule has 1 heterocycles. The molecule has 25 heavy (non-hydrogen) atoms. The normalized spacial score (nSPS) is 12.0. The van der Waals surface area contributed by atoms with E-state index < -0.39 is 5.92 Å². The quantitative estimate of drug-likeness (QED) is 0.401. The molecule has 4 rings (SSSR count). The van der Waals surface area contributed by atoms with Crippen LogP contribution in [0.1, 0.15) is 22.4 Å². The molecule has 0 saturated carbocycles. The summed E-state index contributed by atoms with van der Waals surface area (Å²) in [6, 6.07) is 19.2. The van der Waals surface area contributed by atoms with Gasteiger partial charge >= 0.3 is 5.92 Å². The molecular weight excluding hydrogens is 316 g/mol. The van der Waals surface area contributed by atoms with Gasteiger partial charge in [0.1, 0.15) is 5.69 Å². The first-order valence-electron chi connectivity index (χ1n) is 8.22. The molecule has 0 saturated heterocycles. The van der Waals surface area contributed by atoms with Gasteiger partial charge in [-0.1, -0.05) is 66.2 Å². The maximum absolute atomic E-state index is 15.3. The minimum atomic E-state index is -3.16. The van der Waals surface area contributed by atoms with Crippen LogP contribution in [-0.4, -0.2) is 4.98 Å². The third-order valence-corrected chi connectivity index (χ3v) is 4.57. The van der Waals surface area contributed by atoms with Gasteiger partial charge in [-0.3, -0.25) is 0 Å². The molecule has 3 heteroatoms. The Labute approximate surface area is 144 Å². The van der Waals surface area contributed by atoms with Crippen LogP contribution in [0, 0.1) is 13.8 Å². The Morgan fingerprint density at radius 3 is 2.12 bits per heavy atom. The Hall–Kier alpha value is -2.81. The number of fused-ring (bicyclic) bond motifs is 3. The molecule has 0 radical (unpaired) electrons. The Balaban J connectivity index is 2.13. The highest BCUT2D eigenvalue weighted by molar-refractivity contribution is 6.08. The van der Waals surface area contributed by atoms with Gasteiger partial charge in [-0.15, -0.1) is 0 Å². The van der Waals surface area contributed by atoms with Crippen LogP contribution in [0.5, 0.6) is 0 Å². The van der Waals surface area contributed by atoms with E-state index in [0.717, 1.165) is 21.9 Å². The van der Waals surface area contributed by atoms with E-state index in [4.69, 9.17) is 0 Å². The molecule has 124 valence electrons. The van der Waals surface area contributed by atoms with Gasteiger partial charge in [0.25, 0.3) is 0 Å². The van der Waals surface area contributed by atoms with Crippen LogP contribution < -0.4 is 0 Å². The lowest BCUT2D eigenvalue weighted by molar-refractivity contribution is 0.0401. The van der Waals surface area contributed by atoms with E-state index in [-0.39, 0.29) is 11.3 Å². The first-order chi connectivity index (χ1) is 12.0. The van der Waals surface area contributed by atoms with E-state index in [9.17, 15) is 0 Å². The molecule has 3 aromatic carbocycles. The average molecular weight is 333 g/mol. The van der Waals surface area contributed by atoms with Crippen LogP contribution in [0.4, 0.5) is 8.78 Å². The standard InChI is InChI=1S/C22H17F2N/c1-14-12-15(2)20-19(13-14)17-10-6-7-11-18(17)21(25-20)22(23,24)16-8-4-3-5-9-16/h3-13H,1-2H3. The number of aryl methyl sites for hydroxylation is 2. The van der Waals surface area contributed by atoms with Crippen molar-refractivity contribution in [2.45, 2.75) is 19.8 Å². The first kappa shape index (κ1) is 15.7. The molecule has 4 aromatic rings. The van der Waals surface area contributed by atoms with Crippen LogP contribution in [0.15, 0.2) is 66.7 Å². The number of hydrogen-bond acceptors (Lipinski definition) is 1. The molecule has 0 N–H and O–H groups in total. The molecule has 0 atom stereocenters. The van der Waals surface area contributed by atoms with Crippen LogP contribution in [0.3, 0.4) is 0 Å². The summed E-state index contributed by atoms with van der Waals surface area (Å²) in [4.78, 5) is 4.44. The molecule has 0 bridgehead atoms. The van der Waals surface area contributed by atoms with Crippen molar-refractivity contribution < 1.29 is 8.78 Å². The van der Waals surface area contributed by atoms with Gasteiger partial charge in [0.2, 0.25) is 0 Å². The SMILES string of the molecule is Cc1cc(C)c2nc(C(F)(F)c3ccccc3)c3ccccc3c2c1. The predicted octanol–water partition coefficient (Wildman–Crippen LogP) is 6.14. The van der Waals surface area contributed by atoms with Crippen molar-refractivity contribution in [1.29, 1.82) is 0 Å². The molecule has 0 amide bonds. The van der Waals surface area contributed by atoms with Crippen molar-refractivity contribution in [3.63, 3.8) is 0 Å². The highest BCUT2D eigenvalue weighted by atomic mass is 19.3. The van der Waals surface area contributed by atoms with Crippen molar-refractivity contribution in [2.24, 2.45) is 0 Å². The Bertz CT molecular complexity index is 1090. The van der Waals surface area contributed by atoms with Crippen molar-refractivity contribution in [3.8, 4) is 0 Å². The number of benzene rings is 3. The van der Waals surface area contributed by atoms with Crippen LogP contribution in [0.25, 0.3) is 21.7 Å². The zero-order chi connectivity index (χ0) is 17.6. The van der Waals surface area contributed by atoms with Crippen LogP contribution >= 0.6 is 0 Å². The highest BCUT2D eigenvalue weighted by Gasteiger charge is 2.37. The highest BCUT2D eigenvalue weighted by Crippen LogP contribution is 2.40. The van der Waals surface area contributed by atoms with Gasteiger partial charge in [-0.25, -0.2) is 4.98 Å². The molecule has 0 spiro atoms. The van der Waals surface area contributed by atoms with Gasteiger partial charge in [0.15, 0.2) is 0 Å². The van der Waals surface area contributed by atoms with Crippen molar-refractivity contribution >= 4 is 21.7 Å². The molecular formula is C22H17F2N. The molecule has 0 unspecified atom stereocenters. The fourth-order valence-corrected chi connectivity index (χ4v) is 3.43. The average Bonchev–Trinajstić information content (AvgIpc) is 2.62. The minimum Gasteiger partial charge on any atom is -0.245 e. The van der Waals surface area contributed by atoms with Crippen LogP contribution in [0.2, 0.25) is 0 Å². The summed E-state index contributed by atoms with van der Waals surface area (Å²) in [6.07, 6.45) is 0. The zero-order valence-electron chi connectivity index (χ0n) is 14.1. The van der Waals surface area contributed by atoms with Gasteiger partial charge < -0.3 is 0 Å².